The first-order valence-corrected chi connectivity index (χ1v) is 13.7. The summed E-state index contributed by atoms with van der Waals surface area (Å²) in [6, 6.07) is 0. The standard InChI is InChI=1S/C20H35INO3.CH4O3S/c1-2-3-4-5-6-7-8-9-17-25-20(23)11-14-22(13-10-12-21)15-18-24-19-16-22;1-5(2,3)4/h2-9,11,13-19H2,1H3;1H3,(H,2,3,4)/q+1;/p-1. The van der Waals surface area contributed by atoms with E-state index in [2.05, 4.69) is 39.4 Å². The van der Waals surface area contributed by atoms with Gasteiger partial charge in [0.1, 0.15) is 19.6 Å². The number of nitrogens with zero attached hydrogens (tertiary/aromatic N) is 1. The van der Waals surface area contributed by atoms with E-state index in [1.54, 1.807) is 0 Å². The molecule has 176 valence electrons. The molecule has 0 bridgehead atoms. The lowest BCUT2D eigenvalue weighted by Gasteiger charge is -2.39. The number of carbonyl (C=O) groups is 1. The van der Waals surface area contributed by atoms with E-state index in [0.717, 1.165) is 50.3 Å². The summed E-state index contributed by atoms with van der Waals surface area (Å²) in [5, 5.41) is 0. The van der Waals surface area contributed by atoms with Crippen LogP contribution in [0.2, 0.25) is 0 Å². The second-order valence-electron chi connectivity index (χ2n) is 7.70. The molecule has 0 radical (unpaired) electrons. The van der Waals surface area contributed by atoms with Crippen LogP contribution in [0.1, 0.15) is 64.7 Å². The quantitative estimate of drug-likeness (QED) is 0.0858. The van der Waals surface area contributed by atoms with Crippen LogP contribution < -0.4 is 0 Å². The first kappa shape index (κ1) is 29.6. The molecule has 1 aliphatic heterocycles. The highest BCUT2D eigenvalue weighted by Crippen LogP contribution is 2.13. The maximum atomic E-state index is 12.0. The Morgan fingerprint density at radius 3 is 2.17 bits per heavy atom. The number of hydrogen-bond acceptors (Lipinski definition) is 6. The minimum atomic E-state index is -3.92. The molecule has 0 aliphatic carbocycles. The van der Waals surface area contributed by atoms with Gasteiger partial charge in [-0.3, -0.25) is 4.79 Å². The van der Waals surface area contributed by atoms with Crippen LogP contribution in [-0.4, -0.2) is 75.7 Å². The van der Waals surface area contributed by atoms with Gasteiger partial charge in [0.25, 0.3) is 0 Å². The van der Waals surface area contributed by atoms with Crippen molar-refractivity contribution in [2.75, 3.05) is 52.3 Å². The molecule has 0 N–H and O–H groups in total. The molecule has 1 heterocycles. The van der Waals surface area contributed by atoms with Crippen LogP contribution in [0.15, 0.2) is 0 Å². The summed E-state index contributed by atoms with van der Waals surface area (Å²) in [4.78, 5) is 12.0. The molecule has 0 aromatic carbocycles. The first-order valence-electron chi connectivity index (χ1n) is 10.8. The number of unbranched alkanes of at least 4 members (excludes halogenated alkanes) is 7. The van der Waals surface area contributed by atoms with Gasteiger partial charge in [0.05, 0.1) is 42.9 Å². The molecule has 1 fully saturated rings. The molecule has 0 amide bonds. The maximum absolute atomic E-state index is 12.0. The summed E-state index contributed by atoms with van der Waals surface area (Å²) in [7, 11) is -3.92. The highest BCUT2D eigenvalue weighted by atomic mass is 127. The Morgan fingerprint density at radius 2 is 1.63 bits per heavy atom. The van der Waals surface area contributed by atoms with Gasteiger partial charge in [-0.2, -0.15) is 0 Å². The van der Waals surface area contributed by atoms with Gasteiger partial charge in [-0.15, -0.1) is 0 Å². The summed E-state index contributed by atoms with van der Waals surface area (Å²) in [5.41, 5.74) is 0. The van der Waals surface area contributed by atoms with E-state index < -0.39 is 10.1 Å². The summed E-state index contributed by atoms with van der Waals surface area (Å²) in [5.74, 6) is 3.11. The Hall–Kier alpha value is -0.410. The molecule has 0 aromatic heterocycles. The van der Waals surface area contributed by atoms with Crippen molar-refractivity contribution >= 4 is 38.7 Å². The number of rotatable bonds is 13. The molecule has 0 aromatic rings. The highest BCUT2D eigenvalue weighted by molar-refractivity contribution is 14.1. The molecule has 0 unspecified atom stereocenters. The zero-order valence-corrected chi connectivity index (χ0v) is 21.5. The van der Waals surface area contributed by atoms with Gasteiger partial charge in [-0.25, -0.2) is 8.42 Å². The smallest absolute Gasteiger partial charge is 0.311 e. The van der Waals surface area contributed by atoms with Crippen molar-refractivity contribution in [1.82, 2.24) is 0 Å². The number of esters is 1. The van der Waals surface area contributed by atoms with E-state index in [-0.39, 0.29) is 5.97 Å². The van der Waals surface area contributed by atoms with Gasteiger partial charge in [0, 0.05) is 28.8 Å². The van der Waals surface area contributed by atoms with E-state index in [4.69, 9.17) is 22.4 Å². The Morgan fingerprint density at radius 1 is 1.10 bits per heavy atom. The second-order valence-corrected chi connectivity index (χ2v) is 9.65. The third-order valence-corrected chi connectivity index (χ3v) is 5.33. The monoisotopic (exact) mass is 559 g/mol. The Balaban J connectivity index is 0.00000150. The molecule has 1 aliphatic rings. The number of halogens is 1. The molecule has 0 spiro atoms. The fourth-order valence-corrected chi connectivity index (χ4v) is 3.38. The summed E-state index contributed by atoms with van der Waals surface area (Å²) >= 11 is 2.08. The molecule has 1 rings (SSSR count). The van der Waals surface area contributed by atoms with Crippen molar-refractivity contribution in [2.45, 2.75) is 64.7 Å². The zero-order chi connectivity index (χ0) is 22.7. The zero-order valence-electron chi connectivity index (χ0n) is 18.5. The van der Waals surface area contributed by atoms with Gasteiger partial charge in [-0.1, -0.05) is 51.9 Å². The fraction of sp³-hybridized carbons (Fsp3) is 0.857. The highest BCUT2D eigenvalue weighted by Gasteiger charge is 2.30. The minimum Gasteiger partial charge on any atom is -0.748 e. The van der Waals surface area contributed by atoms with E-state index in [1.165, 1.54) is 44.9 Å². The Bertz CT molecular complexity index is 601. The van der Waals surface area contributed by atoms with Crippen molar-refractivity contribution in [3.05, 3.63) is 0 Å². The lowest BCUT2D eigenvalue weighted by atomic mass is 10.1. The van der Waals surface area contributed by atoms with Crippen molar-refractivity contribution in [3.63, 3.8) is 0 Å². The van der Waals surface area contributed by atoms with Crippen molar-refractivity contribution < 1.29 is 31.7 Å². The molecule has 7 nitrogen and oxygen atoms in total. The maximum Gasteiger partial charge on any atom is 0.311 e. The lowest BCUT2D eigenvalue weighted by Crippen LogP contribution is -2.56. The van der Waals surface area contributed by atoms with Gasteiger partial charge >= 0.3 is 5.97 Å². The second kappa shape index (κ2) is 18.2. The third-order valence-electron chi connectivity index (χ3n) is 4.95. The predicted octanol–water partition coefficient (Wildman–Crippen LogP) is 3.46. The van der Waals surface area contributed by atoms with E-state index >= 15 is 0 Å². The Kier molecular flexibility index (Phi) is 17.9. The summed E-state index contributed by atoms with van der Waals surface area (Å²) in [6.07, 6.45) is 11.2. The van der Waals surface area contributed by atoms with E-state index in [1.807, 2.05) is 0 Å². The average molecular weight is 560 g/mol. The molecular formula is C21H38INO6S. The van der Waals surface area contributed by atoms with Crippen LogP contribution in [0.25, 0.3) is 0 Å². The van der Waals surface area contributed by atoms with Crippen LogP contribution in [0.3, 0.4) is 0 Å². The minimum absolute atomic E-state index is 0.0608. The van der Waals surface area contributed by atoms with E-state index in [9.17, 15) is 4.79 Å². The number of ether oxygens (including phenoxy) is 2. The van der Waals surface area contributed by atoms with Crippen LogP contribution in [-0.2, 0) is 24.4 Å². The number of morpholine rings is 1. The lowest BCUT2D eigenvalue weighted by molar-refractivity contribution is -0.928. The first-order chi connectivity index (χ1) is 14.2. The summed E-state index contributed by atoms with van der Waals surface area (Å²) < 4.78 is 41.9. The summed E-state index contributed by atoms with van der Waals surface area (Å²) in [6.45, 7) is 7.83. The van der Waals surface area contributed by atoms with Crippen LogP contribution in [0, 0.1) is 9.85 Å². The van der Waals surface area contributed by atoms with Crippen molar-refractivity contribution in [1.29, 1.82) is 0 Å². The molecular weight excluding hydrogens is 521 g/mol. The molecule has 30 heavy (non-hydrogen) atoms. The number of quaternary nitrogens is 1. The third kappa shape index (κ3) is 19.5. The SMILES string of the molecule is CCCCCCCCCCOC(=O)CC[N+]1(CC#CI)CCOCC1.CS(=O)(=O)[O-]. The van der Waals surface area contributed by atoms with Crippen LogP contribution in [0.5, 0.6) is 0 Å². The van der Waals surface area contributed by atoms with Gasteiger partial charge in [-0.05, 0) is 16.3 Å². The molecule has 9 heteroatoms. The Labute approximate surface area is 196 Å². The van der Waals surface area contributed by atoms with Crippen LogP contribution in [0.4, 0.5) is 0 Å². The van der Waals surface area contributed by atoms with Crippen LogP contribution >= 0.6 is 22.6 Å². The average Bonchev–Trinajstić information content (AvgIpc) is 2.69. The van der Waals surface area contributed by atoms with Crippen molar-refractivity contribution in [2.24, 2.45) is 0 Å². The topological polar surface area (TPSA) is 92.7 Å². The van der Waals surface area contributed by atoms with Crippen molar-refractivity contribution in [3.8, 4) is 9.85 Å². The van der Waals surface area contributed by atoms with E-state index in [0.29, 0.717) is 19.3 Å². The largest absolute Gasteiger partial charge is 0.748 e. The molecule has 0 saturated carbocycles. The fourth-order valence-electron chi connectivity index (χ4n) is 3.21. The number of hydrogen-bond donors (Lipinski definition) is 0. The molecule has 0 atom stereocenters. The molecule has 1 saturated heterocycles. The number of carbonyl (C=O) groups excluding carboxylic acids is 1. The van der Waals surface area contributed by atoms with Gasteiger partial charge in [0.15, 0.2) is 0 Å². The predicted molar refractivity (Wildman–Crippen MR) is 126 cm³/mol. The normalized spacial score (nSPS) is 15.3. The van der Waals surface area contributed by atoms with Gasteiger partial charge < -0.3 is 18.5 Å². The van der Waals surface area contributed by atoms with Gasteiger partial charge in [0.2, 0.25) is 0 Å².